The molecule has 1 aromatic rings. The van der Waals surface area contributed by atoms with Crippen LogP contribution in [0.4, 0.5) is 5.69 Å². The summed E-state index contributed by atoms with van der Waals surface area (Å²) < 4.78 is 23.0. The van der Waals surface area contributed by atoms with E-state index in [2.05, 4.69) is 10.6 Å². The van der Waals surface area contributed by atoms with Crippen molar-refractivity contribution in [3.05, 3.63) is 24.3 Å². The van der Waals surface area contributed by atoms with Crippen LogP contribution in [0.1, 0.15) is 12.8 Å². The van der Waals surface area contributed by atoms with Gasteiger partial charge in [-0.25, -0.2) is 8.42 Å². The average Bonchev–Trinajstić information content (AvgIpc) is 2.47. The molecule has 0 saturated carbocycles. The molecule has 0 aliphatic carbocycles. The van der Waals surface area contributed by atoms with Gasteiger partial charge in [0.05, 0.1) is 0 Å². The molecule has 1 amide bonds. The third-order valence-electron chi connectivity index (χ3n) is 3.88. The summed E-state index contributed by atoms with van der Waals surface area (Å²) in [5, 5.41) is 5.85. The van der Waals surface area contributed by atoms with Gasteiger partial charge in [0, 0.05) is 16.8 Å². The maximum atomic E-state index is 12.6. The van der Waals surface area contributed by atoms with Gasteiger partial charge in [0.25, 0.3) is 0 Å². The molecule has 2 rings (SSSR count). The predicted octanol–water partition coefficient (Wildman–Crippen LogP) is 1.51. The topological polar surface area (TPSA) is 75.3 Å². The van der Waals surface area contributed by atoms with Crippen LogP contribution in [0.25, 0.3) is 0 Å². The second-order valence-electron chi connectivity index (χ2n) is 5.20. The Bertz CT molecular complexity index is 606. The molecule has 21 heavy (non-hydrogen) atoms. The lowest BCUT2D eigenvalue weighted by Crippen LogP contribution is -2.55. The van der Waals surface area contributed by atoms with E-state index in [1.54, 1.807) is 23.9 Å². The maximum Gasteiger partial charge on any atom is 0.245 e. The highest BCUT2D eigenvalue weighted by atomic mass is 32.2. The highest BCUT2D eigenvalue weighted by Gasteiger charge is 2.48. The summed E-state index contributed by atoms with van der Waals surface area (Å²) in [5.74, 6) is -0.427. The van der Waals surface area contributed by atoms with Crippen molar-refractivity contribution in [2.45, 2.75) is 22.5 Å². The highest BCUT2D eigenvalue weighted by molar-refractivity contribution is 7.98. The number of carbonyl (C=O) groups is 1. The third-order valence-corrected chi connectivity index (χ3v) is 6.64. The first-order valence-corrected chi connectivity index (χ1v) is 9.86. The number of carbonyl (C=O) groups excluding carboxylic acids is 1. The maximum absolute atomic E-state index is 12.6. The van der Waals surface area contributed by atoms with Gasteiger partial charge < -0.3 is 10.6 Å². The number of anilines is 1. The molecule has 0 bridgehead atoms. The number of rotatable bonds is 4. The lowest BCUT2D eigenvalue weighted by atomic mass is 9.95. The van der Waals surface area contributed by atoms with Gasteiger partial charge in [0.1, 0.15) is 0 Å². The zero-order valence-electron chi connectivity index (χ0n) is 12.2. The van der Waals surface area contributed by atoms with E-state index in [1.165, 1.54) is 0 Å². The molecule has 0 atom stereocenters. The average molecular weight is 328 g/mol. The van der Waals surface area contributed by atoms with Crippen LogP contribution in [0.3, 0.4) is 0 Å². The summed E-state index contributed by atoms with van der Waals surface area (Å²) in [6.07, 6.45) is 3.73. The minimum atomic E-state index is -3.48. The van der Waals surface area contributed by atoms with Gasteiger partial charge in [-0.1, -0.05) is 0 Å². The zero-order chi connectivity index (χ0) is 15.5. The van der Waals surface area contributed by atoms with Crippen LogP contribution in [-0.2, 0) is 14.6 Å². The van der Waals surface area contributed by atoms with Crippen molar-refractivity contribution < 1.29 is 13.2 Å². The monoisotopic (exact) mass is 328 g/mol. The Morgan fingerprint density at radius 3 is 2.29 bits per heavy atom. The fourth-order valence-electron chi connectivity index (χ4n) is 2.52. The Labute approximate surface area is 129 Å². The summed E-state index contributed by atoms with van der Waals surface area (Å²) in [5.41, 5.74) is 0.624. The first-order chi connectivity index (χ1) is 9.89. The van der Waals surface area contributed by atoms with Crippen molar-refractivity contribution in [1.82, 2.24) is 5.32 Å². The summed E-state index contributed by atoms with van der Waals surface area (Å²) in [6, 6.07) is 7.38. The van der Waals surface area contributed by atoms with Gasteiger partial charge in [-0.05, 0) is 56.5 Å². The molecule has 1 aliphatic rings. The van der Waals surface area contributed by atoms with Crippen LogP contribution in [0.5, 0.6) is 0 Å². The van der Waals surface area contributed by atoms with Gasteiger partial charge >= 0.3 is 0 Å². The minimum Gasteiger partial charge on any atom is -0.325 e. The molecule has 1 saturated heterocycles. The number of benzene rings is 1. The molecule has 116 valence electrons. The van der Waals surface area contributed by atoms with Crippen LogP contribution < -0.4 is 10.6 Å². The summed E-state index contributed by atoms with van der Waals surface area (Å²) in [6.45, 7) is 1.07. The van der Waals surface area contributed by atoms with Gasteiger partial charge in [0.15, 0.2) is 14.6 Å². The summed E-state index contributed by atoms with van der Waals surface area (Å²) in [7, 11) is -3.48. The molecule has 2 N–H and O–H groups in total. The minimum absolute atomic E-state index is 0.306. The third kappa shape index (κ3) is 3.41. The predicted molar refractivity (Wildman–Crippen MR) is 86.5 cm³/mol. The van der Waals surface area contributed by atoms with E-state index in [1.807, 2.05) is 18.4 Å². The van der Waals surface area contributed by atoms with Crippen LogP contribution in [0.2, 0.25) is 0 Å². The van der Waals surface area contributed by atoms with E-state index in [0.717, 1.165) is 11.2 Å². The van der Waals surface area contributed by atoms with Gasteiger partial charge in [-0.15, -0.1) is 11.8 Å². The SMILES string of the molecule is CSc1ccc(NC(=O)C2(S(C)(=O)=O)CCNCC2)cc1. The zero-order valence-corrected chi connectivity index (χ0v) is 13.8. The lowest BCUT2D eigenvalue weighted by molar-refractivity contribution is -0.119. The Hall–Kier alpha value is -1.05. The molecular formula is C14H20N2O3S2. The number of hydrogen-bond donors (Lipinski definition) is 2. The van der Waals surface area contributed by atoms with Gasteiger partial charge in [0.2, 0.25) is 5.91 Å². The van der Waals surface area contributed by atoms with Crippen molar-refractivity contribution in [2.24, 2.45) is 0 Å². The first kappa shape index (κ1) is 16.3. The quantitative estimate of drug-likeness (QED) is 0.820. The highest BCUT2D eigenvalue weighted by Crippen LogP contribution is 2.29. The first-order valence-electron chi connectivity index (χ1n) is 6.75. The van der Waals surface area contributed by atoms with Crippen molar-refractivity contribution in [2.75, 3.05) is 30.9 Å². The fourth-order valence-corrected chi connectivity index (χ4v) is 4.26. The molecular weight excluding hydrogens is 308 g/mol. The molecule has 0 unspecified atom stereocenters. The number of hydrogen-bond acceptors (Lipinski definition) is 5. The Balaban J connectivity index is 2.22. The lowest BCUT2D eigenvalue weighted by Gasteiger charge is -2.34. The normalized spacial score (nSPS) is 18.2. The molecule has 5 nitrogen and oxygen atoms in total. The van der Waals surface area contributed by atoms with E-state index in [-0.39, 0.29) is 0 Å². The number of thioether (sulfide) groups is 1. The van der Waals surface area contributed by atoms with Crippen LogP contribution in [0.15, 0.2) is 29.2 Å². The van der Waals surface area contributed by atoms with Gasteiger partial charge in [-0.3, -0.25) is 4.79 Å². The fraction of sp³-hybridized carbons (Fsp3) is 0.500. The summed E-state index contributed by atoms with van der Waals surface area (Å²) >= 11 is 1.61. The standard InChI is InChI=1S/C14H20N2O3S2/c1-20-12-5-3-11(4-6-12)16-13(17)14(21(2,18)19)7-9-15-10-8-14/h3-6,15H,7-10H2,1-2H3,(H,16,17). The molecule has 0 spiro atoms. The second kappa shape index (κ2) is 6.37. The molecule has 1 fully saturated rings. The molecule has 0 radical (unpaired) electrons. The van der Waals surface area contributed by atoms with Crippen LogP contribution >= 0.6 is 11.8 Å². The number of amides is 1. The van der Waals surface area contributed by atoms with E-state index < -0.39 is 20.5 Å². The largest absolute Gasteiger partial charge is 0.325 e. The Morgan fingerprint density at radius 2 is 1.81 bits per heavy atom. The smallest absolute Gasteiger partial charge is 0.245 e. The number of nitrogens with one attached hydrogen (secondary N) is 2. The molecule has 1 heterocycles. The van der Waals surface area contributed by atoms with Crippen LogP contribution in [-0.4, -0.2) is 44.7 Å². The van der Waals surface area contributed by atoms with E-state index in [0.29, 0.717) is 31.6 Å². The van der Waals surface area contributed by atoms with Crippen molar-refractivity contribution in [1.29, 1.82) is 0 Å². The second-order valence-corrected chi connectivity index (χ2v) is 8.40. The molecule has 0 aromatic heterocycles. The Morgan fingerprint density at radius 1 is 1.24 bits per heavy atom. The Kier molecular flexibility index (Phi) is 4.95. The van der Waals surface area contributed by atoms with E-state index >= 15 is 0 Å². The number of piperidine rings is 1. The van der Waals surface area contributed by atoms with Crippen LogP contribution in [0, 0.1) is 0 Å². The number of sulfone groups is 1. The molecule has 1 aliphatic heterocycles. The molecule has 7 heteroatoms. The van der Waals surface area contributed by atoms with Crippen molar-refractivity contribution in [3.8, 4) is 0 Å². The summed E-state index contributed by atoms with van der Waals surface area (Å²) in [4.78, 5) is 13.7. The van der Waals surface area contributed by atoms with Crippen molar-refractivity contribution in [3.63, 3.8) is 0 Å². The van der Waals surface area contributed by atoms with E-state index in [9.17, 15) is 13.2 Å². The van der Waals surface area contributed by atoms with Gasteiger partial charge in [-0.2, -0.15) is 0 Å². The van der Waals surface area contributed by atoms with E-state index in [4.69, 9.17) is 0 Å². The molecule has 1 aromatic carbocycles. The van der Waals surface area contributed by atoms with Crippen molar-refractivity contribution >= 4 is 33.2 Å².